The Hall–Kier alpha value is -5.66. The van der Waals surface area contributed by atoms with Crippen LogP contribution in [0.15, 0.2) is 133 Å². The third-order valence-electron chi connectivity index (χ3n) is 21.6. The highest BCUT2D eigenvalue weighted by molar-refractivity contribution is 5.90. The number of carbonyl (C=O) groups is 4. The Balaban J connectivity index is 0.995. The number of esters is 4. The summed E-state index contributed by atoms with van der Waals surface area (Å²) in [5.74, 6) is -8.72. The fourth-order valence-corrected chi connectivity index (χ4v) is 18.3. The zero-order valence-corrected chi connectivity index (χ0v) is 56.0. The topological polar surface area (TPSA) is 118 Å². The van der Waals surface area contributed by atoms with Gasteiger partial charge in [-0.3, -0.25) is 38.8 Å². The van der Waals surface area contributed by atoms with E-state index in [1.807, 2.05) is 36.4 Å². The van der Waals surface area contributed by atoms with Crippen LogP contribution in [-0.4, -0.2) is 112 Å². The van der Waals surface area contributed by atoms with E-state index in [0.717, 1.165) is 26.2 Å². The fourth-order valence-electron chi connectivity index (χ4n) is 18.3. The van der Waals surface area contributed by atoms with Crippen molar-refractivity contribution in [2.75, 3.05) is 0 Å². The summed E-state index contributed by atoms with van der Waals surface area (Å²) < 4.78 is 27.5. The highest BCUT2D eigenvalue weighted by atomic mass is 16.6. The zero-order chi connectivity index (χ0) is 63.6. The molecule has 12 heteroatoms. The largest absolute Gasteiger partial charge is 0.462 e. The van der Waals surface area contributed by atoms with E-state index in [1.165, 1.54) is 22.3 Å². The SMILES string of the molecule is CC1(C)CC(OC(=O)C2C3C=CC(C2C(=O)OC2CC(C)(C)N(Cc4ccccc4)C(C)(C)C2)C(C(=O)OC2CC(C)(C)N(Cc4ccccc4)C(C)(C)C2)C3C(=O)OC2CC(C)(C)N(Cc3ccccc3)C(C)(C)C2)CC(C)(C)N1Cc1ccccc1. The molecule has 4 aromatic rings. The molecule has 0 spiro atoms. The van der Waals surface area contributed by atoms with Crippen molar-refractivity contribution >= 4 is 23.9 Å². The predicted octanol–water partition coefficient (Wildman–Crippen LogP) is 14.3. The molecule has 4 atom stereocenters. The monoisotopic (exact) mass is 1200 g/mol. The van der Waals surface area contributed by atoms with Crippen LogP contribution < -0.4 is 0 Å². The van der Waals surface area contributed by atoms with Gasteiger partial charge in [-0.2, -0.15) is 0 Å². The van der Waals surface area contributed by atoms with Crippen LogP contribution in [0, 0.1) is 35.5 Å². The van der Waals surface area contributed by atoms with Gasteiger partial charge in [-0.05, 0) is 133 Å². The summed E-state index contributed by atoms with van der Waals surface area (Å²) in [5, 5.41) is 0. The van der Waals surface area contributed by atoms with E-state index in [0.29, 0.717) is 51.4 Å². The van der Waals surface area contributed by atoms with E-state index in [9.17, 15) is 0 Å². The van der Waals surface area contributed by atoms with Gasteiger partial charge in [-0.25, -0.2) is 0 Å². The quantitative estimate of drug-likeness (QED) is 0.0604. The Morgan fingerprint density at radius 3 is 0.614 bits per heavy atom. The third-order valence-corrected chi connectivity index (χ3v) is 21.6. The molecule has 0 N–H and O–H groups in total. The average Bonchev–Trinajstić information content (AvgIpc) is 0.775. The van der Waals surface area contributed by atoms with Crippen LogP contribution in [0.1, 0.15) is 184 Å². The molecule has 4 unspecified atom stereocenters. The summed E-state index contributed by atoms with van der Waals surface area (Å²) >= 11 is 0. The first kappa shape index (κ1) is 65.3. The number of nitrogens with zero attached hydrogens (tertiary/aromatic N) is 4. The number of ether oxygens (including phenoxy) is 4. The lowest BCUT2D eigenvalue weighted by atomic mass is 9.53. The van der Waals surface area contributed by atoms with Crippen LogP contribution in [0.3, 0.4) is 0 Å². The number of piperidine rings is 4. The summed E-state index contributed by atoms with van der Waals surface area (Å²) in [4.78, 5) is 73.7. The molecular formula is C76H104N4O8. The van der Waals surface area contributed by atoms with Gasteiger partial charge < -0.3 is 18.9 Å². The normalized spacial score (nSPS) is 28.5. The average molecular weight is 1200 g/mol. The molecule has 12 nitrogen and oxygen atoms in total. The molecule has 7 aliphatic rings. The van der Waals surface area contributed by atoms with Crippen molar-refractivity contribution in [3.63, 3.8) is 0 Å². The number of benzene rings is 4. The summed E-state index contributed by atoms with van der Waals surface area (Å²) in [5.41, 5.74) is 1.72. The van der Waals surface area contributed by atoms with E-state index < -0.39 is 83.8 Å². The van der Waals surface area contributed by atoms with Gasteiger partial charge in [0.05, 0.1) is 23.7 Å². The Morgan fingerprint density at radius 1 is 0.295 bits per heavy atom. The lowest BCUT2D eigenvalue weighted by molar-refractivity contribution is -0.201. The third kappa shape index (κ3) is 13.8. The molecular weight excluding hydrogens is 1100 g/mol. The Bertz CT molecular complexity index is 2650. The molecule has 2 bridgehead atoms. The van der Waals surface area contributed by atoms with Crippen LogP contribution in [0.2, 0.25) is 0 Å². The molecule has 11 rings (SSSR count). The second-order valence-corrected chi connectivity index (χ2v) is 32.3. The van der Waals surface area contributed by atoms with Crippen LogP contribution in [-0.2, 0) is 64.3 Å². The van der Waals surface area contributed by atoms with Crippen molar-refractivity contribution < 1.29 is 38.1 Å². The van der Waals surface area contributed by atoms with Crippen LogP contribution in [0.5, 0.6) is 0 Å². The zero-order valence-electron chi connectivity index (χ0n) is 56.0. The molecule has 4 heterocycles. The molecule has 4 saturated heterocycles. The number of rotatable bonds is 16. The van der Waals surface area contributed by atoms with Crippen molar-refractivity contribution in [3.8, 4) is 0 Å². The molecule has 4 aromatic carbocycles. The van der Waals surface area contributed by atoms with E-state index in [4.69, 9.17) is 18.9 Å². The van der Waals surface area contributed by atoms with E-state index in [1.54, 1.807) is 0 Å². The second kappa shape index (κ2) is 24.5. The minimum Gasteiger partial charge on any atom is -0.462 e. The lowest BCUT2D eigenvalue weighted by Crippen LogP contribution is -2.64. The van der Waals surface area contributed by atoms with Gasteiger partial charge in [0, 0.05) is 134 Å². The molecule has 88 heavy (non-hydrogen) atoms. The number of fused-ring (bicyclic) bond motifs is 2. The van der Waals surface area contributed by atoms with Gasteiger partial charge >= 0.3 is 23.9 Å². The summed E-state index contributed by atoms with van der Waals surface area (Å²) in [6.07, 6.45) is 6.24. The summed E-state index contributed by atoms with van der Waals surface area (Å²) in [6.45, 7) is 38.3. The molecule has 0 amide bonds. The molecule has 0 aromatic heterocycles. The molecule has 0 radical (unpaired) electrons. The smallest absolute Gasteiger partial charge is 0.310 e. The number of carbonyl (C=O) groups excluding carboxylic acids is 4. The van der Waals surface area contributed by atoms with Gasteiger partial charge in [-0.15, -0.1) is 0 Å². The first-order valence-electron chi connectivity index (χ1n) is 32.9. The minimum atomic E-state index is -1.16. The minimum absolute atomic E-state index is 0.387. The number of hydrogen-bond acceptors (Lipinski definition) is 12. The van der Waals surface area contributed by atoms with Crippen LogP contribution in [0.4, 0.5) is 0 Å². The van der Waals surface area contributed by atoms with Gasteiger partial charge in [0.1, 0.15) is 24.4 Å². The lowest BCUT2D eigenvalue weighted by Gasteiger charge is -2.56. The number of likely N-dealkylation sites (tertiary alicyclic amines) is 4. The number of hydrogen-bond donors (Lipinski definition) is 0. The highest BCUT2D eigenvalue weighted by Crippen LogP contribution is 2.56. The van der Waals surface area contributed by atoms with E-state index >= 15 is 19.2 Å². The second-order valence-electron chi connectivity index (χ2n) is 32.3. The Kier molecular flexibility index (Phi) is 18.2. The first-order chi connectivity index (χ1) is 41.2. The Morgan fingerprint density at radius 2 is 0.455 bits per heavy atom. The summed E-state index contributed by atoms with van der Waals surface area (Å²) in [6, 6.07) is 41.9. The predicted molar refractivity (Wildman–Crippen MR) is 347 cm³/mol. The van der Waals surface area contributed by atoms with E-state index in [2.05, 4.69) is 227 Å². The van der Waals surface area contributed by atoms with E-state index in [-0.39, 0.29) is 44.3 Å². The van der Waals surface area contributed by atoms with Crippen molar-refractivity contribution in [3.05, 3.63) is 156 Å². The maximum absolute atomic E-state index is 15.9. The van der Waals surface area contributed by atoms with Gasteiger partial charge in [0.15, 0.2) is 0 Å². The van der Waals surface area contributed by atoms with Crippen molar-refractivity contribution in [1.82, 2.24) is 19.6 Å². The van der Waals surface area contributed by atoms with Gasteiger partial charge in [0.2, 0.25) is 0 Å². The van der Waals surface area contributed by atoms with Crippen molar-refractivity contribution in [1.29, 1.82) is 0 Å². The molecule has 5 fully saturated rings. The van der Waals surface area contributed by atoms with Gasteiger partial charge in [-0.1, -0.05) is 133 Å². The Labute approximate surface area is 527 Å². The molecule has 4 aliphatic heterocycles. The van der Waals surface area contributed by atoms with Crippen molar-refractivity contribution in [2.45, 2.75) is 257 Å². The maximum atomic E-state index is 15.9. The maximum Gasteiger partial charge on any atom is 0.310 e. The number of allylic oxidation sites excluding steroid dienone is 2. The summed E-state index contributed by atoms with van der Waals surface area (Å²) in [7, 11) is 0. The standard InChI is InChI=1S/C76H104N4O8/c1-69(2)39-55(40-70(3,4)77(69)47-51-29-21-17-22-30-51)85-65(81)61-59-37-38-60(62(61)66(82)86-56-41-71(5,6)78(72(7,8)42-56)48-52-31-23-18-24-32-52)64(68(84)88-58-45-75(13,14)80(76(15,16)46-58)50-54-35-27-20-28-36-54)63(59)67(83)87-57-43-73(9,10)79(74(11,12)44-57)49-53-33-25-19-26-34-53/h17-38,55-64H,39-50H2,1-16H3. The molecule has 476 valence electrons. The van der Waals surface area contributed by atoms with Crippen LogP contribution in [0.25, 0.3) is 0 Å². The highest BCUT2D eigenvalue weighted by Gasteiger charge is 2.64. The molecule has 1 saturated carbocycles. The first-order valence-corrected chi connectivity index (χ1v) is 32.9. The van der Waals surface area contributed by atoms with Crippen LogP contribution >= 0.6 is 0 Å². The van der Waals surface area contributed by atoms with Gasteiger partial charge in [0.25, 0.3) is 0 Å². The fraction of sp³-hybridized carbons (Fsp3) is 0.605. The van der Waals surface area contributed by atoms with Crippen molar-refractivity contribution in [2.24, 2.45) is 35.5 Å². The molecule has 3 aliphatic carbocycles.